The number of non-ortho nitro benzene ring substituents is 1. The Morgan fingerprint density at radius 1 is 1.23 bits per heavy atom. The van der Waals surface area contributed by atoms with Gasteiger partial charge in [-0.3, -0.25) is 14.9 Å². The van der Waals surface area contributed by atoms with E-state index in [4.69, 9.17) is 23.4 Å². The second-order valence-electron chi connectivity index (χ2n) is 6.31. The number of hydrogen-bond donors (Lipinski definition) is 1. The van der Waals surface area contributed by atoms with Gasteiger partial charge in [0.05, 0.1) is 30.9 Å². The second kappa shape index (κ2) is 8.22. The van der Waals surface area contributed by atoms with Crippen molar-refractivity contribution < 1.29 is 33.1 Å². The highest BCUT2D eigenvalue weighted by atomic mass is 16.7. The lowest BCUT2D eigenvalue weighted by molar-refractivity contribution is -0.384. The molecule has 2 aromatic carbocycles. The summed E-state index contributed by atoms with van der Waals surface area (Å²) in [6.45, 7) is 2.39. The van der Waals surface area contributed by atoms with Gasteiger partial charge in [0, 0.05) is 23.1 Å². The van der Waals surface area contributed by atoms with Crippen LogP contribution in [0.5, 0.6) is 23.0 Å². The number of hydrogen-bond acceptors (Lipinski definition) is 9. The van der Waals surface area contributed by atoms with E-state index < -0.39 is 10.8 Å². The number of rotatable bonds is 7. The Labute approximate surface area is 175 Å². The maximum atomic E-state index is 12.5. The van der Waals surface area contributed by atoms with Gasteiger partial charge < -0.3 is 23.4 Å². The van der Waals surface area contributed by atoms with Crippen LogP contribution in [-0.2, 0) is 0 Å². The number of carbonyl (C=O) groups is 1. The number of furan rings is 1. The highest BCUT2D eigenvalue weighted by Gasteiger charge is 2.20. The Bertz CT molecular complexity index is 1200. The summed E-state index contributed by atoms with van der Waals surface area (Å²) in [5.41, 5.74) is 2.97. The predicted octanol–water partition coefficient (Wildman–Crippen LogP) is 3.24. The van der Waals surface area contributed by atoms with Gasteiger partial charge in [0.15, 0.2) is 28.6 Å². The van der Waals surface area contributed by atoms with E-state index in [2.05, 4.69) is 10.5 Å². The van der Waals surface area contributed by atoms with E-state index in [0.717, 1.165) is 0 Å². The number of hydrazone groups is 1. The summed E-state index contributed by atoms with van der Waals surface area (Å²) in [5.74, 6) is 1.05. The van der Waals surface area contributed by atoms with Gasteiger partial charge in [-0.15, -0.1) is 0 Å². The van der Waals surface area contributed by atoms with Crippen LogP contribution in [0.4, 0.5) is 5.69 Å². The minimum absolute atomic E-state index is 0.0818. The van der Waals surface area contributed by atoms with Gasteiger partial charge in [-0.2, -0.15) is 5.10 Å². The molecule has 1 amide bonds. The van der Waals surface area contributed by atoms with Gasteiger partial charge in [-0.25, -0.2) is 5.43 Å². The van der Waals surface area contributed by atoms with Gasteiger partial charge in [0.1, 0.15) is 5.75 Å². The van der Waals surface area contributed by atoms with Gasteiger partial charge in [0.2, 0.25) is 6.79 Å². The van der Waals surface area contributed by atoms with Crippen LogP contribution in [-0.4, -0.2) is 37.6 Å². The fourth-order valence-corrected chi connectivity index (χ4v) is 3.01. The standard InChI is InChI=1S/C20H17N3O8/c1-3-28-14-8-16-15(29-10-30-16)6-12(14)9-21-22-20(24)18-5-11-4-13(23(25)26)7-17(27-2)19(11)31-18/h4-9H,3,10H2,1-2H3,(H,22,24)/b21-9+. The molecular weight excluding hydrogens is 410 g/mol. The molecular formula is C20H17N3O8. The Hall–Kier alpha value is -4.28. The molecule has 4 rings (SSSR count). The van der Waals surface area contributed by atoms with Crippen molar-refractivity contribution in [1.29, 1.82) is 0 Å². The second-order valence-corrected chi connectivity index (χ2v) is 6.31. The summed E-state index contributed by atoms with van der Waals surface area (Å²) >= 11 is 0. The summed E-state index contributed by atoms with van der Waals surface area (Å²) < 4.78 is 26.9. The maximum absolute atomic E-state index is 12.5. The first-order chi connectivity index (χ1) is 15.0. The minimum Gasteiger partial charge on any atom is -0.493 e. The molecule has 1 aliphatic heterocycles. The van der Waals surface area contributed by atoms with Crippen LogP contribution in [0.1, 0.15) is 23.0 Å². The van der Waals surface area contributed by atoms with Gasteiger partial charge in [0.25, 0.3) is 5.69 Å². The number of methoxy groups -OCH3 is 1. The summed E-state index contributed by atoms with van der Waals surface area (Å²) in [5, 5.41) is 15.4. The monoisotopic (exact) mass is 427 g/mol. The van der Waals surface area contributed by atoms with Crippen LogP contribution in [0.15, 0.2) is 39.9 Å². The number of nitro groups is 1. The van der Waals surface area contributed by atoms with Crippen LogP contribution < -0.4 is 24.4 Å². The predicted molar refractivity (Wildman–Crippen MR) is 108 cm³/mol. The van der Waals surface area contributed by atoms with E-state index in [1.165, 1.54) is 31.5 Å². The molecule has 11 heteroatoms. The van der Waals surface area contributed by atoms with Crippen molar-refractivity contribution in [2.45, 2.75) is 6.92 Å². The molecule has 0 spiro atoms. The zero-order valence-electron chi connectivity index (χ0n) is 16.5. The fraction of sp³-hybridized carbons (Fsp3) is 0.200. The lowest BCUT2D eigenvalue weighted by Crippen LogP contribution is -2.16. The molecule has 0 saturated heterocycles. The largest absolute Gasteiger partial charge is 0.493 e. The molecule has 0 fully saturated rings. The number of nitrogens with zero attached hydrogens (tertiary/aromatic N) is 2. The maximum Gasteiger partial charge on any atom is 0.307 e. The Morgan fingerprint density at radius 3 is 2.71 bits per heavy atom. The van der Waals surface area contributed by atoms with Crippen molar-refractivity contribution in [2.75, 3.05) is 20.5 Å². The van der Waals surface area contributed by atoms with Crippen LogP contribution in [0.2, 0.25) is 0 Å². The molecule has 2 heterocycles. The van der Waals surface area contributed by atoms with Gasteiger partial charge in [-0.1, -0.05) is 0 Å². The number of amides is 1. The van der Waals surface area contributed by atoms with E-state index in [0.29, 0.717) is 34.8 Å². The molecule has 1 N–H and O–H groups in total. The summed E-state index contributed by atoms with van der Waals surface area (Å²) in [7, 11) is 1.35. The molecule has 0 bridgehead atoms. The average molecular weight is 427 g/mol. The number of nitro benzene ring substituents is 1. The first kappa shape index (κ1) is 20.0. The normalized spacial score (nSPS) is 12.3. The van der Waals surface area contributed by atoms with E-state index in [9.17, 15) is 14.9 Å². The van der Waals surface area contributed by atoms with Crippen LogP contribution in [0.3, 0.4) is 0 Å². The molecule has 1 aliphatic rings. The Morgan fingerprint density at radius 2 is 2.00 bits per heavy atom. The number of benzene rings is 2. The SMILES string of the molecule is CCOc1cc2c(cc1/C=N/NC(=O)c1cc3cc([N+](=O)[O-])cc(OC)c3o1)OCO2. The fourth-order valence-electron chi connectivity index (χ4n) is 3.01. The highest BCUT2D eigenvalue weighted by Crippen LogP contribution is 2.37. The molecule has 0 radical (unpaired) electrons. The first-order valence-electron chi connectivity index (χ1n) is 9.16. The van der Waals surface area contributed by atoms with E-state index in [1.54, 1.807) is 12.1 Å². The quantitative estimate of drug-likeness (QED) is 0.345. The molecule has 160 valence electrons. The molecule has 3 aromatic rings. The topological polar surface area (TPSA) is 135 Å². The third kappa shape index (κ3) is 3.92. The zero-order valence-corrected chi connectivity index (χ0v) is 16.5. The van der Waals surface area contributed by atoms with E-state index >= 15 is 0 Å². The van der Waals surface area contributed by atoms with Crippen LogP contribution in [0, 0.1) is 10.1 Å². The van der Waals surface area contributed by atoms with Gasteiger partial charge in [-0.05, 0) is 19.1 Å². The van der Waals surface area contributed by atoms with E-state index in [1.807, 2.05) is 6.92 Å². The van der Waals surface area contributed by atoms with Crippen LogP contribution in [0.25, 0.3) is 11.0 Å². The van der Waals surface area contributed by atoms with E-state index in [-0.39, 0.29) is 29.6 Å². The number of nitrogens with one attached hydrogen (secondary N) is 1. The number of fused-ring (bicyclic) bond motifs is 2. The number of ether oxygens (including phenoxy) is 4. The minimum atomic E-state index is -0.643. The summed E-state index contributed by atoms with van der Waals surface area (Å²) in [4.78, 5) is 23.0. The first-order valence-corrected chi connectivity index (χ1v) is 9.16. The van der Waals surface area contributed by atoms with Gasteiger partial charge >= 0.3 is 5.91 Å². The third-order valence-electron chi connectivity index (χ3n) is 4.40. The van der Waals surface area contributed by atoms with Crippen molar-refractivity contribution in [3.63, 3.8) is 0 Å². The molecule has 1 aromatic heterocycles. The van der Waals surface area contributed by atoms with Crippen molar-refractivity contribution in [2.24, 2.45) is 5.10 Å². The molecule has 11 nitrogen and oxygen atoms in total. The molecule has 0 atom stereocenters. The smallest absolute Gasteiger partial charge is 0.307 e. The lowest BCUT2D eigenvalue weighted by Gasteiger charge is -2.08. The third-order valence-corrected chi connectivity index (χ3v) is 4.40. The average Bonchev–Trinajstić information content (AvgIpc) is 3.39. The van der Waals surface area contributed by atoms with Crippen molar-refractivity contribution in [1.82, 2.24) is 5.43 Å². The van der Waals surface area contributed by atoms with Crippen molar-refractivity contribution in [3.8, 4) is 23.0 Å². The Kier molecular flexibility index (Phi) is 5.31. The van der Waals surface area contributed by atoms with Crippen LogP contribution >= 0.6 is 0 Å². The zero-order chi connectivity index (χ0) is 22.0. The van der Waals surface area contributed by atoms with Crippen molar-refractivity contribution in [3.05, 3.63) is 51.8 Å². The Balaban J connectivity index is 1.56. The molecule has 0 saturated carbocycles. The highest BCUT2D eigenvalue weighted by molar-refractivity contribution is 5.98. The lowest BCUT2D eigenvalue weighted by atomic mass is 10.2. The summed E-state index contributed by atoms with van der Waals surface area (Å²) in [6.07, 6.45) is 1.40. The molecule has 0 unspecified atom stereocenters. The number of carbonyl (C=O) groups excluding carboxylic acids is 1. The molecule has 31 heavy (non-hydrogen) atoms. The van der Waals surface area contributed by atoms with Crippen molar-refractivity contribution >= 4 is 28.8 Å². The summed E-state index contributed by atoms with van der Waals surface area (Å²) in [6, 6.07) is 7.27. The molecule has 0 aliphatic carbocycles.